The molecule has 3 fully saturated rings. The van der Waals surface area contributed by atoms with Gasteiger partial charge in [0.05, 0.1) is 17.9 Å². The van der Waals surface area contributed by atoms with Crippen molar-refractivity contribution in [2.24, 2.45) is 28.6 Å². The van der Waals surface area contributed by atoms with Crippen molar-refractivity contribution < 1.29 is 43.2 Å². The Labute approximate surface area is 284 Å². The maximum Gasteiger partial charge on any atom is 0.333 e. The summed E-state index contributed by atoms with van der Waals surface area (Å²) < 4.78 is 24.3. The van der Waals surface area contributed by atoms with E-state index in [1.54, 1.807) is 19.2 Å². The summed E-state index contributed by atoms with van der Waals surface area (Å²) in [7, 11) is 0. The summed E-state index contributed by atoms with van der Waals surface area (Å²) in [6, 6.07) is 0. The van der Waals surface area contributed by atoms with Crippen LogP contribution < -0.4 is 5.32 Å². The van der Waals surface area contributed by atoms with Crippen molar-refractivity contribution in [2.75, 3.05) is 11.9 Å². The van der Waals surface area contributed by atoms with E-state index in [1.165, 1.54) is 24.3 Å². The van der Waals surface area contributed by atoms with E-state index in [0.717, 1.165) is 16.3 Å². The van der Waals surface area contributed by atoms with Crippen molar-refractivity contribution in [3.05, 3.63) is 46.5 Å². The van der Waals surface area contributed by atoms with Crippen LogP contribution in [0.3, 0.4) is 0 Å². The second kappa shape index (κ2) is 11.3. The molecule has 11 atom stereocenters. The maximum atomic E-state index is 14.0. The zero-order valence-corrected chi connectivity index (χ0v) is 29.1. The van der Waals surface area contributed by atoms with Gasteiger partial charge in [0.25, 0.3) is 0 Å². The van der Waals surface area contributed by atoms with Crippen LogP contribution in [0.1, 0.15) is 73.6 Å². The van der Waals surface area contributed by atoms with Crippen LogP contribution in [0.4, 0.5) is 5.13 Å². The van der Waals surface area contributed by atoms with Crippen LogP contribution >= 0.6 is 11.3 Å². The molecule has 2 aliphatic heterocycles. The highest BCUT2D eigenvalue weighted by molar-refractivity contribution is 7.13. The Morgan fingerprint density at radius 3 is 2.65 bits per heavy atom. The van der Waals surface area contributed by atoms with E-state index in [0.29, 0.717) is 37.8 Å². The minimum Gasteiger partial charge on any atom is -0.458 e. The molecular weight excluding hydrogens is 636 g/mol. The van der Waals surface area contributed by atoms with Crippen LogP contribution in [-0.4, -0.2) is 75.9 Å². The van der Waals surface area contributed by atoms with E-state index >= 15 is 0 Å². The van der Waals surface area contributed by atoms with Gasteiger partial charge in [0.2, 0.25) is 0 Å². The van der Waals surface area contributed by atoms with Crippen LogP contribution in [-0.2, 0) is 38.1 Å². The highest BCUT2D eigenvalue weighted by Crippen LogP contribution is 2.74. The third-order valence-corrected chi connectivity index (χ3v) is 13.5. The van der Waals surface area contributed by atoms with E-state index in [-0.39, 0.29) is 30.0 Å². The third-order valence-electron chi connectivity index (χ3n) is 12.8. The molecule has 0 amide bonds. The minimum atomic E-state index is -1.55. The molecule has 3 heterocycles. The molecule has 1 aromatic rings. The molecule has 48 heavy (non-hydrogen) atoms. The molecule has 7 rings (SSSR count). The first-order valence-corrected chi connectivity index (χ1v) is 17.8. The predicted molar refractivity (Wildman–Crippen MR) is 175 cm³/mol. The smallest absolute Gasteiger partial charge is 0.333 e. The predicted octanol–water partition coefficient (Wildman–Crippen LogP) is 4.47. The standard InChI is InChI=1S/C36H44N2O9S/c1-18-15-25(45-31(42)19(18)2)20(3)23-16-28(44-21(4)39)35(43)24-17-29-36(47-29)27(46-30(41)10-12-37-32-38-13-14-48-32)8-7-26(40)34(36,6)22(24)9-11-33(23,35)5/h7-8,13-14,16,20,22,24-25,27-29,43H,9-12,15,17H2,1-6H3,(H,37,38)/t20-,22-,24+,25+,27-,28-,29+,33+,34-,35+,36+/m0/s1. The first-order chi connectivity index (χ1) is 22.7. The van der Waals surface area contributed by atoms with Crippen LogP contribution in [0.15, 0.2) is 46.5 Å². The van der Waals surface area contributed by atoms with E-state index in [1.807, 2.05) is 39.2 Å². The van der Waals surface area contributed by atoms with Crippen molar-refractivity contribution >= 4 is 40.2 Å². The van der Waals surface area contributed by atoms with E-state index in [4.69, 9.17) is 18.9 Å². The fraction of sp³-hybridized carbons (Fsp3) is 0.639. The number of ketones is 1. The fourth-order valence-electron chi connectivity index (χ4n) is 10.0. The average molecular weight is 681 g/mol. The van der Waals surface area contributed by atoms with Gasteiger partial charge in [-0.25, -0.2) is 9.78 Å². The maximum absolute atomic E-state index is 14.0. The molecule has 0 radical (unpaired) electrons. The van der Waals surface area contributed by atoms with Gasteiger partial charge >= 0.3 is 17.9 Å². The van der Waals surface area contributed by atoms with Gasteiger partial charge in [0.15, 0.2) is 17.0 Å². The highest BCUT2D eigenvalue weighted by Gasteiger charge is 2.83. The number of aliphatic hydroxyl groups is 1. The number of hydrogen-bond donors (Lipinski definition) is 2. The Morgan fingerprint density at radius 2 is 1.96 bits per heavy atom. The number of rotatable bonds is 8. The number of carbonyl (C=O) groups excluding carboxylic acids is 4. The van der Waals surface area contributed by atoms with E-state index in [2.05, 4.69) is 10.3 Å². The number of carbonyl (C=O) groups is 4. The van der Waals surface area contributed by atoms with Crippen molar-refractivity contribution in [3.63, 3.8) is 0 Å². The minimum absolute atomic E-state index is 0.112. The molecule has 2 N–H and O–H groups in total. The second-order valence-corrected chi connectivity index (χ2v) is 15.8. The van der Waals surface area contributed by atoms with E-state index < -0.39 is 64.3 Å². The van der Waals surface area contributed by atoms with Crippen LogP contribution in [0, 0.1) is 28.6 Å². The molecule has 258 valence electrons. The third kappa shape index (κ3) is 4.54. The van der Waals surface area contributed by atoms with E-state index in [9.17, 15) is 24.3 Å². The quantitative estimate of drug-likeness (QED) is 0.173. The average Bonchev–Trinajstić information content (AvgIpc) is 3.44. The van der Waals surface area contributed by atoms with Gasteiger partial charge in [-0.3, -0.25) is 14.4 Å². The molecule has 2 saturated carbocycles. The summed E-state index contributed by atoms with van der Waals surface area (Å²) in [6.45, 7) is 11.3. The molecule has 1 aromatic heterocycles. The Kier molecular flexibility index (Phi) is 7.84. The number of epoxide rings is 1. The molecule has 1 spiro atoms. The number of allylic oxidation sites excluding steroid dienone is 1. The number of ether oxygens (including phenoxy) is 4. The van der Waals surface area contributed by atoms with Gasteiger partial charge < -0.3 is 29.4 Å². The number of esters is 3. The monoisotopic (exact) mass is 680 g/mol. The van der Waals surface area contributed by atoms with Crippen molar-refractivity contribution in [1.82, 2.24) is 4.98 Å². The summed E-state index contributed by atoms with van der Waals surface area (Å²) in [5.74, 6) is -2.47. The summed E-state index contributed by atoms with van der Waals surface area (Å²) in [4.78, 5) is 56.4. The zero-order valence-electron chi connectivity index (χ0n) is 28.2. The number of hydrogen-bond acceptors (Lipinski definition) is 12. The number of anilines is 1. The largest absolute Gasteiger partial charge is 0.458 e. The first kappa shape index (κ1) is 33.2. The Morgan fingerprint density at radius 1 is 1.19 bits per heavy atom. The lowest BCUT2D eigenvalue weighted by Gasteiger charge is -2.61. The van der Waals surface area contributed by atoms with Gasteiger partial charge in [0.1, 0.15) is 23.4 Å². The Balaban J connectivity index is 1.17. The van der Waals surface area contributed by atoms with Gasteiger partial charge in [0, 0.05) is 48.4 Å². The molecule has 4 aliphatic carbocycles. The first-order valence-electron chi connectivity index (χ1n) is 16.9. The summed E-state index contributed by atoms with van der Waals surface area (Å²) in [5.41, 5.74) is -2.04. The van der Waals surface area contributed by atoms with Gasteiger partial charge in [-0.05, 0) is 70.1 Å². The molecule has 1 saturated heterocycles. The molecule has 0 aromatic carbocycles. The summed E-state index contributed by atoms with van der Waals surface area (Å²) in [6.07, 6.45) is 6.27. The second-order valence-electron chi connectivity index (χ2n) is 14.9. The van der Waals surface area contributed by atoms with Gasteiger partial charge in [-0.15, -0.1) is 11.3 Å². The molecule has 6 aliphatic rings. The zero-order chi connectivity index (χ0) is 34.4. The van der Waals surface area contributed by atoms with Crippen LogP contribution in [0.5, 0.6) is 0 Å². The Bertz CT molecular complexity index is 1650. The number of thiazole rings is 1. The topological polar surface area (TPSA) is 154 Å². The SMILES string of the molecule is CC(=O)O[C@H]1C=C([C@H](C)[C@H]2CC(C)=C(C)C(=O)O2)[C@@]2(C)CC[C@H]3[C@@H](C[C@H]4O[C@]45[C@@H](OC(=O)CCNc4nccs4)C=CC(=O)[C@]35C)[C@@]12O. The normalized spacial score (nSPS) is 41.6. The van der Waals surface area contributed by atoms with Crippen LogP contribution in [0.2, 0.25) is 0 Å². The molecule has 11 nitrogen and oxygen atoms in total. The Hall–Kier alpha value is -3.35. The fourth-order valence-corrected chi connectivity index (χ4v) is 10.6. The van der Waals surface area contributed by atoms with Gasteiger partial charge in [-0.1, -0.05) is 25.0 Å². The number of nitrogens with one attached hydrogen (secondary N) is 1. The number of fused-ring (bicyclic) bond motifs is 4. The molecule has 12 heteroatoms. The van der Waals surface area contributed by atoms with Crippen molar-refractivity contribution in [3.8, 4) is 0 Å². The number of cyclic esters (lactones) is 1. The van der Waals surface area contributed by atoms with Crippen molar-refractivity contribution in [1.29, 1.82) is 0 Å². The lowest BCUT2D eigenvalue weighted by Crippen LogP contribution is -2.70. The van der Waals surface area contributed by atoms with Gasteiger partial charge in [-0.2, -0.15) is 0 Å². The summed E-state index contributed by atoms with van der Waals surface area (Å²) >= 11 is 1.44. The molecule has 0 bridgehead atoms. The number of aromatic nitrogens is 1. The van der Waals surface area contributed by atoms with Crippen LogP contribution in [0.25, 0.3) is 0 Å². The lowest BCUT2D eigenvalue weighted by molar-refractivity contribution is -0.225. The lowest BCUT2D eigenvalue weighted by atomic mass is 9.42. The molecule has 0 unspecified atom stereocenters. The summed E-state index contributed by atoms with van der Waals surface area (Å²) in [5, 5.41) is 18.8. The number of nitrogens with zero attached hydrogens (tertiary/aromatic N) is 1. The highest BCUT2D eigenvalue weighted by atomic mass is 32.1. The molecular formula is C36H44N2O9S. The van der Waals surface area contributed by atoms with Crippen molar-refractivity contribution in [2.45, 2.75) is 109 Å².